The summed E-state index contributed by atoms with van der Waals surface area (Å²) >= 11 is 5.78. The smallest absolute Gasteiger partial charge is 0.417 e. The number of amides is 2. The van der Waals surface area contributed by atoms with Gasteiger partial charge >= 0.3 is 6.09 Å². The van der Waals surface area contributed by atoms with Gasteiger partial charge in [-0.3, -0.25) is 4.79 Å². The Balaban J connectivity index is 1.79. The van der Waals surface area contributed by atoms with Gasteiger partial charge in [0.1, 0.15) is 5.60 Å². The van der Waals surface area contributed by atoms with Crippen molar-refractivity contribution in [2.45, 2.75) is 72.3 Å². The molecule has 0 atom stereocenters. The molecule has 0 aromatic carbocycles. The van der Waals surface area contributed by atoms with Crippen LogP contribution in [0.4, 0.5) is 25.2 Å². The highest BCUT2D eigenvalue weighted by Gasteiger charge is 2.37. The Labute approximate surface area is 225 Å². The van der Waals surface area contributed by atoms with Crippen LogP contribution in [0.5, 0.6) is 0 Å². The number of aromatic nitrogens is 3. The second-order valence-corrected chi connectivity index (χ2v) is 10.7. The van der Waals surface area contributed by atoms with E-state index < -0.39 is 29.2 Å². The molecule has 0 unspecified atom stereocenters. The number of pyridine rings is 1. The lowest BCUT2D eigenvalue weighted by Gasteiger charge is -2.33. The van der Waals surface area contributed by atoms with Gasteiger partial charge in [0.2, 0.25) is 5.28 Å². The summed E-state index contributed by atoms with van der Waals surface area (Å²) in [6.45, 7) is 9.27. The van der Waals surface area contributed by atoms with Crippen LogP contribution in [-0.4, -0.2) is 44.0 Å². The van der Waals surface area contributed by atoms with Crippen molar-refractivity contribution in [3.63, 3.8) is 0 Å². The van der Waals surface area contributed by atoms with Crippen LogP contribution in [0.3, 0.4) is 0 Å². The number of anilines is 2. The third-order valence-electron chi connectivity index (χ3n) is 6.37. The molecule has 2 amide bonds. The van der Waals surface area contributed by atoms with Gasteiger partial charge in [-0.25, -0.2) is 28.4 Å². The van der Waals surface area contributed by atoms with Crippen molar-refractivity contribution in [2.24, 2.45) is 0 Å². The Kier molecular flexibility index (Phi) is 7.83. The van der Waals surface area contributed by atoms with E-state index in [4.69, 9.17) is 16.3 Å². The number of hydrogen-bond donors (Lipinski definition) is 1. The van der Waals surface area contributed by atoms with E-state index in [2.05, 4.69) is 20.3 Å². The molecule has 0 saturated heterocycles. The summed E-state index contributed by atoms with van der Waals surface area (Å²) in [4.78, 5) is 39.1. The van der Waals surface area contributed by atoms with Crippen LogP contribution >= 0.6 is 11.6 Å². The van der Waals surface area contributed by atoms with Gasteiger partial charge in [0.25, 0.3) is 5.91 Å². The number of imide groups is 1. The minimum atomic E-state index is -0.811. The average molecular weight is 546 g/mol. The monoisotopic (exact) mass is 545 g/mol. The summed E-state index contributed by atoms with van der Waals surface area (Å²) in [5.41, 5.74) is 2.91. The van der Waals surface area contributed by atoms with E-state index in [1.807, 2.05) is 13.8 Å². The number of carbonyl (C=O) groups is 2. The summed E-state index contributed by atoms with van der Waals surface area (Å²) in [5.74, 6) is -2.46. The van der Waals surface area contributed by atoms with E-state index in [0.717, 1.165) is 16.7 Å². The molecule has 2 aromatic heterocycles. The molecule has 3 heterocycles. The minimum absolute atomic E-state index is 0.200. The van der Waals surface area contributed by atoms with Gasteiger partial charge in [0, 0.05) is 23.9 Å². The fourth-order valence-electron chi connectivity index (χ4n) is 4.74. The zero-order valence-corrected chi connectivity index (χ0v) is 22.8. The van der Waals surface area contributed by atoms with Crippen molar-refractivity contribution in [1.29, 1.82) is 0 Å². The molecule has 0 fully saturated rings. The van der Waals surface area contributed by atoms with Crippen molar-refractivity contribution >= 4 is 40.8 Å². The van der Waals surface area contributed by atoms with Crippen LogP contribution in [0, 0.1) is 11.6 Å². The molecule has 1 aliphatic carbocycles. The first-order valence-electron chi connectivity index (χ1n) is 12.5. The quantitative estimate of drug-likeness (QED) is 0.426. The van der Waals surface area contributed by atoms with Crippen LogP contribution in [0.15, 0.2) is 29.1 Å². The molecule has 1 aliphatic heterocycles. The van der Waals surface area contributed by atoms with Crippen LogP contribution in [0.25, 0.3) is 5.57 Å². The molecule has 11 heteroatoms. The number of hydrogen-bond acceptors (Lipinski definition) is 7. The van der Waals surface area contributed by atoms with Gasteiger partial charge in [-0.15, -0.1) is 0 Å². The van der Waals surface area contributed by atoms with E-state index >= 15 is 4.39 Å². The van der Waals surface area contributed by atoms with E-state index in [0.29, 0.717) is 60.0 Å². The van der Waals surface area contributed by atoms with Gasteiger partial charge in [-0.1, -0.05) is 18.9 Å². The van der Waals surface area contributed by atoms with E-state index in [-0.39, 0.29) is 23.5 Å². The fraction of sp³-hybridized carbons (Fsp3) is 0.444. The van der Waals surface area contributed by atoms with Gasteiger partial charge < -0.3 is 10.1 Å². The number of aryl methyl sites for hydroxylation is 1. The zero-order chi connectivity index (χ0) is 27.8. The van der Waals surface area contributed by atoms with E-state index in [1.165, 1.54) is 0 Å². The fourth-order valence-corrected chi connectivity index (χ4v) is 4.87. The topological polar surface area (TPSA) is 97.3 Å². The third kappa shape index (κ3) is 5.55. The number of nitrogens with zero attached hydrogens (tertiary/aromatic N) is 4. The number of allylic oxidation sites excluding steroid dienone is 1. The number of rotatable bonds is 5. The molecule has 0 bridgehead atoms. The first-order chi connectivity index (χ1) is 17.9. The maximum atomic E-state index is 16.0. The molecule has 1 N–H and O–H groups in total. The normalized spacial score (nSPS) is 16.1. The molecule has 0 spiro atoms. The van der Waals surface area contributed by atoms with Gasteiger partial charge in [-0.2, -0.15) is 4.98 Å². The highest BCUT2D eigenvalue weighted by atomic mass is 35.5. The number of halogens is 3. The Hall–Kier alpha value is -3.40. The van der Waals surface area contributed by atoms with E-state index in [9.17, 15) is 14.0 Å². The predicted molar refractivity (Wildman–Crippen MR) is 140 cm³/mol. The lowest BCUT2D eigenvalue weighted by Crippen LogP contribution is -2.44. The average Bonchev–Trinajstić information content (AvgIpc) is 2.83. The summed E-state index contributed by atoms with van der Waals surface area (Å²) < 4.78 is 35.7. The molecule has 0 radical (unpaired) electrons. The molecule has 38 heavy (non-hydrogen) atoms. The summed E-state index contributed by atoms with van der Waals surface area (Å²) in [5, 5.41) is 2.38. The standard InChI is InChI=1S/C27H30ClF2N5O3/c1-6-7-16-17(19-14(2)10-11-35(24(19)36)26(37)38-27(3,4)5)9-8-15-12-31-23(21(30)20(15)16)33-22-18(29)13-32-25(28)34-22/h12-13H,6-11H2,1-5H3,(H,31,32,33,34). The molecule has 8 nitrogen and oxygen atoms in total. The highest BCUT2D eigenvalue weighted by molar-refractivity contribution is 6.28. The minimum Gasteiger partial charge on any atom is -0.443 e. The summed E-state index contributed by atoms with van der Waals surface area (Å²) in [6, 6.07) is 0. The SMILES string of the molecule is CCCC1=C(C2=C(C)CCN(C(=O)OC(C)(C)C)C2=O)CCc2cnc(Nc3nc(Cl)ncc3F)c(F)c21. The van der Waals surface area contributed by atoms with E-state index in [1.54, 1.807) is 27.0 Å². The highest BCUT2D eigenvalue weighted by Crippen LogP contribution is 2.42. The largest absolute Gasteiger partial charge is 0.443 e. The first-order valence-corrected chi connectivity index (χ1v) is 12.9. The van der Waals surface area contributed by atoms with Crippen LogP contribution in [0.1, 0.15) is 71.4 Å². The maximum Gasteiger partial charge on any atom is 0.417 e. The molecule has 2 aliphatic rings. The summed E-state index contributed by atoms with van der Waals surface area (Å²) in [6.07, 6.45) is 4.35. The maximum absolute atomic E-state index is 16.0. The molecule has 2 aromatic rings. The van der Waals surface area contributed by atoms with Gasteiger partial charge in [-0.05, 0) is 81.7 Å². The molecule has 202 valence electrons. The van der Waals surface area contributed by atoms with Crippen molar-refractivity contribution in [3.05, 3.63) is 57.2 Å². The number of carbonyl (C=O) groups excluding carboxylic acids is 2. The Morgan fingerprint density at radius 1 is 1.16 bits per heavy atom. The van der Waals surface area contributed by atoms with Crippen LogP contribution in [0.2, 0.25) is 5.28 Å². The molecular weight excluding hydrogens is 516 g/mol. The predicted octanol–water partition coefficient (Wildman–Crippen LogP) is 6.53. The molecule has 0 saturated carbocycles. The first kappa shape index (κ1) is 27.6. The zero-order valence-electron chi connectivity index (χ0n) is 22.0. The van der Waals surface area contributed by atoms with Crippen molar-refractivity contribution < 1.29 is 23.1 Å². The second-order valence-electron chi connectivity index (χ2n) is 10.3. The second kappa shape index (κ2) is 10.8. The Morgan fingerprint density at radius 3 is 2.58 bits per heavy atom. The lowest BCUT2D eigenvalue weighted by atomic mass is 9.78. The van der Waals surface area contributed by atoms with Crippen LogP contribution < -0.4 is 5.32 Å². The lowest BCUT2D eigenvalue weighted by molar-refractivity contribution is -0.126. The van der Waals surface area contributed by atoms with Crippen molar-refractivity contribution in [3.8, 4) is 0 Å². The number of nitrogens with one attached hydrogen (secondary N) is 1. The molecular formula is C27H30ClF2N5O3. The van der Waals surface area contributed by atoms with Crippen LogP contribution in [-0.2, 0) is 16.0 Å². The Bertz CT molecular complexity index is 1370. The number of ether oxygens (including phenoxy) is 1. The number of fused-ring (bicyclic) bond motifs is 1. The third-order valence-corrected chi connectivity index (χ3v) is 6.55. The van der Waals surface area contributed by atoms with Gasteiger partial charge in [0.05, 0.1) is 6.20 Å². The van der Waals surface area contributed by atoms with Crippen molar-refractivity contribution in [2.75, 3.05) is 11.9 Å². The van der Waals surface area contributed by atoms with Crippen molar-refractivity contribution in [1.82, 2.24) is 19.9 Å². The Morgan fingerprint density at radius 2 is 1.89 bits per heavy atom. The summed E-state index contributed by atoms with van der Waals surface area (Å²) in [7, 11) is 0. The van der Waals surface area contributed by atoms with Gasteiger partial charge in [0.15, 0.2) is 23.3 Å². The molecule has 4 rings (SSSR count).